The van der Waals surface area contributed by atoms with Crippen molar-refractivity contribution in [3.8, 4) is 0 Å². The second kappa shape index (κ2) is 3.89. The molecule has 0 unspecified atom stereocenters. The summed E-state index contributed by atoms with van der Waals surface area (Å²) in [6.45, 7) is 3.51. The van der Waals surface area contributed by atoms with Crippen LogP contribution in [0.3, 0.4) is 0 Å². The standard InChI is InChI=1S/C13H16FNO/c1-9(16)11-5-4-10(8-12(11)14)15-13(2)6-3-7-13/h4-5,8,15H,3,6-7H2,1-2H3. The van der Waals surface area contributed by atoms with Gasteiger partial charge in [-0.1, -0.05) is 0 Å². The Balaban J connectivity index is 2.18. The zero-order chi connectivity index (χ0) is 11.8. The second-order valence-electron chi connectivity index (χ2n) is 4.79. The maximum absolute atomic E-state index is 13.5. The van der Waals surface area contributed by atoms with E-state index in [0.29, 0.717) is 0 Å². The highest BCUT2D eigenvalue weighted by Crippen LogP contribution is 2.34. The van der Waals surface area contributed by atoms with E-state index in [4.69, 9.17) is 0 Å². The molecule has 0 aromatic heterocycles. The van der Waals surface area contributed by atoms with Crippen LogP contribution in [0.15, 0.2) is 18.2 Å². The van der Waals surface area contributed by atoms with Gasteiger partial charge in [-0.3, -0.25) is 4.79 Å². The Morgan fingerprint density at radius 3 is 2.56 bits per heavy atom. The third kappa shape index (κ3) is 2.08. The topological polar surface area (TPSA) is 29.1 Å². The van der Waals surface area contributed by atoms with Crippen molar-refractivity contribution in [2.45, 2.75) is 38.6 Å². The summed E-state index contributed by atoms with van der Waals surface area (Å²) in [7, 11) is 0. The predicted octanol–water partition coefficient (Wildman–Crippen LogP) is 3.38. The van der Waals surface area contributed by atoms with Crippen LogP contribution in [0.1, 0.15) is 43.5 Å². The largest absolute Gasteiger partial charge is 0.380 e. The summed E-state index contributed by atoms with van der Waals surface area (Å²) in [5, 5.41) is 3.31. The van der Waals surface area contributed by atoms with Gasteiger partial charge in [0.05, 0.1) is 5.56 Å². The highest BCUT2D eigenvalue weighted by atomic mass is 19.1. The van der Waals surface area contributed by atoms with E-state index in [2.05, 4.69) is 12.2 Å². The van der Waals surface area contributed by atoms with Crippen LogP contribution in [0.25, 0.3) is 0 Å². The van der Waals surface area contributed by atoms with Crippen molar-refractivity contribution in [1.29, 1.82) is 0 Å². The van der Waals surface area contributed by atoms with Gasteiger partial charge in [-0.15, -0.1) is 0 Å². The number of ketones is 1. The molecule has 0 heterocycles. The van der Waals surface area contributed by atoms with E-state index >= 15 is 0 Å². The van der Waals surface area contributed by atoms with Crippen molar-refractivity contribution in [3.63, 3.8) is 0 Å². The highest BCUT2D eigenvalue weighted by Gasteiger charge is 2.31. The van der Waals surface area contributed by atoms with Gasteiger partial charge in [0.2, 0.25) is 0 Å². The molecular formula is C13H16FNO. The number of halogens is 1. The molecule has 86 valence electrons. The highest BCUT2D eigenvalue weighted by molar-refractivity contribution is 5.94. The fourth-order valence-electron chi connectivity index (χ4n) is 2.06. The molecule has 2 rings (SSSR count). The van der Waals surface area contributed by atoms with Gasteiger partial charge in [0, 0.05) is 11.2 Å². The van der Waals surface area contributed by atoms with Crippen LogP contribution in [0.2, 0.25) is 0 Å². The van der Waals surface area contributed by atoms with E-state index in [9.17, 15) is 9.18 Å². The summed E-state index contributed by atoms with van der Waals surface area (Å²) in [5.41, 5.74) is 1.01. The minimum atomic E-state index is -0.444. The fraction of sp³-hybridized carbons (Fsp3) is 0.462. The summed E-state index contributed by atoms with van der Waals surface area (Å²) in [6, 6.07) is 4.71. The first-order valence-corrected chi connectivity index (χ1v) is 5.59. The molecule has 0 spiro atoms. The molecule has 1 aromatic rings. The number of benzene rings is 1. The lowest BCUT2D eigenvalue weighted by Crippen LogP contribution is -2.41. The molecule has 0 aliphatic heterocycles. The lowest BCUT2D eigenvalue weighted by atomic mass is 9.78. The molecule has 0 atom stereocenters. The molecule has 1 fully saturated rings. The molecule has 1 saturated carbocycles. The average Bonchev–Trinajstić information content (AvgIpc) is 2.14. The van der Waals surface area contributed by atoms with Crippen molar-refractivity contribution in [2.75, 3.05) is 5.32 Å². The molecule has 1 aliphatic rings. The van der Waals surface area contributed by atoms with Crippen LogP contribution in [0.4, 0.5) is 10.1 Å². The number of carbonyl (C=O) groups excluding carboxylic acids is 1. The van der Waals surface area contributed by atoms with Crippen molar-refractivity contribution < 1.29 is 9.18 Å². The van der Waals surface area contributed by atoms with Crippen LogP contribution < -0.4 is 5.32 Å². The smallest absolute Gasteiger partial charge is 0.162 e. The van der Waals surface area contributed by atoms with E-state index in [0.717, 1.165) is 18.5 Å². The Morgan fingerprint density at radius 2 is 2.12 bits per heavy atom. The third-order valence-electron chi connectivity index (χ3n) is 3.25. The molecule has 1 aromatic carbocycles. The summed E-state index contributed by atoms with van der Waals surface area (Å²) >= 11 is 0. The Morgan fingerprint density at radius 1 is 1.44 bits per heavy atom. The molecule has 0 saturated heterocycles. The van der Waals surface area contributed by atoms with E-state index in [1.807, 2.05) is 0 Å². The van der Waals surface area contributed by atoms with Crippen LogP contribution in [0, 0.1) is 5.82 Å². The molecule has 1 N–H and O–H groups in total. The Labute approximate surface area is 94.9 Å². The number of rotatable bonds is 3. The summed E-state index contributed by atoms with van der Waals surface area (Å²) in [5.74, 6) is -0.681. The van der Waals surface area contributed by atoms with Gasteiger partial charge in [0.25, 0.3) is 0 Å². The Kier molecular flexibility index (Phi) is 2.70. The van der Waals surface area contributed by atoms with Gasteiger partial charge < -0.3 is 5.32 Å². The number of hydrogen-bond donors (Lipinski definition) is 1. The lowest BCUT2D eigenvalue weighted by Gasteiger charge is -2.40. The Bertz CT molecular complexity index is 424. The van der Waals surface area contributed by atoms with E-state index in [1.54, 1.807) is 12.1 Å². The molecular weight excluding hydrogens is 205 g/mol. The van der Waals surface area contributed by atoms with Crippen molar-refractivity contribution in [3.05, 3.63) is 29.6 Å². The minimum Gasteiger partial charge on any atom is -0.380 e. The first kappa shape index (κ1) is 11.1. The second-order valence-corrected chi connectivity index (χ2v) is 4.79. The van der Waals surface area contributed by atoms with Gasteiger partial charge in [0.15, 0.2) is 5.78 Å². The van der Waals surface area contributed by atoms with Gasteiger partial charge >= 0.3 is 0 Å². The van der Waals surface area contributed by atoms with Crippen molar-refractivity contribution >= 4 is 11.5 Å². The normalized spacial score (nSPS) is 17.7. The molecule has 0 bridgehead atoms. The maximum atomic E-state index is 13.5. The zero-order valence-electron chi connectivity index (χ0n) is 9.64. The van der Waals surface area contributed by atoms with Crippen LogP contribution in [-0.2, 0) is 0 Å². The molecule has 3 heteroatoms. The monoisotopic (exact) mass is 221 g/mol. The van der Waals surface area contributed by atoms with Crippen LogP contribution >= 0.6 is 0 Å². The minimum absolute atomic E-state index is 0.101. The molecule has 16 heavy (non-hydrogen) atoms. The van der Waals surface area contributed by atoms with Crippen LogP contribution in [-0.4, -0.2) is 11.3 Å². The maximum Gasteiger partial charge on any atom is 0.162 e. The van der Waals surface area contributed by atoms with Gasteiger partial charge in [0.1, 0.15) is 5.82 Å². The quantitative estimate of drug-likeness (QED) is 0.793. The summed E-state index contributed by atoms with van der Waals surface area (Å²) < 4.78 is 13.5. The molecule has 0 amide bonds. The third-order valence-corrected chi connectivity index (χ3v) is 3.25. The van der Waals surface area contributed by atoms with Crippen LogP contribution in [0.5, 0.6) is 0 Å². The number of nitrogens with one attached hydrogen (secondary N) is 1. The first-order chi connectivity index (χ1) is 7.50. The van der Waals surface area contributed by atoms with Gasteiger partial charge in [-0.2, -0.15) is 0 Å². The van der Waals surface area contributed by atoms with Gasteiger partial charge in [-0.05, 0) is 51.3 Å². The molecule has 2 nitrogen and oxygen atoms in total. The van der Waals surface area contributed by atoms with E-state index in [-0.39, 0.29) is 16.9 Å². The van der Waals surface area contributed by atoms with Gasteiger partial charge in [-0.25, -0.2) is 4.39 Å². The SMILES string of the molecule is CC(=O)c1ccc(NC2(C)CCC2)cc1F. The number of anilines is 1. The zero-order valence-corrected chi connectivity index (χ0v) is 9.64. The molecule has 1 aliphatic carbocycles. The van der Waals surface area contributed by atoms with E-state index < -0.39 is 5.82 Å². The predicted molar refractivity (Wildman–Crippen MR) is 62.3 cm³/mol. The summed E-state index contributed by atoms with van der Waals surface area (Å²) in [6.07, 6.45) is 3.45. The number of Topliss-reactive ketones (excluding diaryl/α,β-unsaturated/α-hetero) is 1. The average molecular weight is 221 g/mol. The molecule has 0 radical (unpaired) electrons. The fourth-order valence-corrected chi connectivity index (χ4v) is 2.06. The van der Waals surface area contributed by atoms with Crippen molar-refractivity contribution in [2.24, 2.45) is 0 Å². The number of carbonyl (C=O) groups is 1. The van der Waals surface area contributed by atoms with E-state index in [1.165, 1.54) is 19.4 Å². The number of hydrogen-bond acceptors (Lipinski definition) is 2. The lowest BCUT2D eigenvalue weighted by molar-refractivity contribution is 0.101. The first-order valence-electron chi connectivity index (χ1n) is 5.59. The summed E-state index contributed by atoms with van der Waals surface area (Å²) in [4.78, 5) is 11.1. The Hall–Kier alpha value is -1.38. The van der Waals surface area contributed by atoms with Crippen molar-refractivity contribution in [1.82, 2.24) is 0 Å².